The van der Waals surface area contributed by atoms with Gasteiger partial charge in [0, 0.05) is 33.5 Å². The van der Waals surface area contributed by atoms with Crippen LogP contribution in [0, 0.1) is 33.8 Å². The fraction of sp³-hybridized carbons (Fsp3) is 0.118. The molecule has 0 saturated carbocycles. The van der Waals surface area contributed by atoms with Crippen LogP contribution < -0.4 is 18.9 Å². The highest BCUT2D eigenvalue weighted by Gasteiger charge is 2.21. The van der Waals surface area contributed by atoms with Gasteiger partial charge >= 0.3 is 0 Å². The molecule has 0 aliphatic carbocycles. The Kier molecular flexibility index (Phi) is 7.18. The molecule has 0 spiro atoms. The van der Waals surface area contributed by atoms with Gasteiger partial charge < -0.3 is 18.9 Å². The Balaban J connectivity index is 1.08. The van der Waals surface area contributed by atoms with E-state index in [0.717, 1.165) is 55.0 Å². The molecule has 2 aliphatic heterocycles. The summed E-state index contributed by atoms with van der Waals surface area (Å²) in [6.45, 7) is 2.17. The molecule has 3 aromatic carbocycles. The molecule has 0 fully saturated rings. The molecule has 0 unspecified atom stereocenters. The minimum absolute atomic E-state index is 0.0849. The van der Waals surface area contributed by atoms with Crippen LogP contribution in [0.5, 0.6) is 23.0 Å². The Morgan fingerprint density at radius 3 is 1.60 bits per heavy atom. The fourth-order valence-electron chi connectivity index (χ4n) is 4.68. The first-order valence-electron chi connectivity index (χ1n) is 13.4. The molecule has 0 amide bonds. The number of ether oxygens (including phenoxy) is 4. The van der Waals surface area contributed by atoms with Crippen LogP contribution in [-0.4, -0.2) is 31.4 Å². The Labute approximate surface area is 255 Å². The summed E-state index contributed by atoms with van der Waals surface area (Å²) in [7, 11) is 0. The molecular formula is C34H21NO6S2. The van der Waals surface area contributed by atoms with Gasteiger partial charge in [-0.1, -0.05) is 47.9 Å². The first kappa shape index (κ1) is 26.7. The van der Waals surface area contributed by atoms with E-state index in [0.29, 0.717) is 37.6 Å². The predicted molar refractivity (Wildman–Crippen MR) is 167 cm³/mol. The maximum Gasteiger partial charge on any atom is 0.286 e. The van der Waals surface area contributed by atoms with Gasteiger partial charge in [0.05, 0.1) is 14.7 Å². The van der Waals surface area contributed by atoms with E-state index in [4.69, 9.17) is 18.9 Å². The van der Waals surface area contributed by atoms with E-state index >= 15 is 0 Å². The third kappa shape index (κ3) is 5.52. The first-order valence-corrected chi connectivity index (χ1v) is 15.2. The Hall–Kier alpha value is -5.22. The lowest BCUT2D eigenvalue weighted by atomic mass is 10.1. The van der Waals surface area contributed by atoms with Gasteiger partial charge in [-0.25, -0.2) is 0 Å². The van der Waals surface area contributed by atoms with Gasteiger partial charge in [-0.05, 0) is 47.5 Å². The lowest BCUT2D eigenvalue weighted by molar-refractivity contribution is -0.385. The van der Waals surface area contributed by atoms with E-state index in [1.165, 1.54) is 6.07 Å². The number of benzene rings is 3. The van der Waals surface area contributed by atoms with Crippen molar-refractivity contribution in [1.82, 2.24) is 0 Å². The summed E-state index contributed by atoms with van der Waals surface area (Å²) in [6.07, 6.45) is 0. The van der Waals surface area contributed by atoms with Gasteiger partial charge in [-0.2, -0.15) is 0 Å². The van der Waals surface area contributed by atoms with Crippen molar-refractivity contribution in [2.24, 2.45) is 0 Å². The van der Waals surface area contributed by atoms with E-state index in [2.05, 4.69) is 23.7 Å². The predicted octanol–water partition coefficient (Wildman–Crippen LogP) is 7.39. The van der Waals surface area contributed by atoms with Crippen molar-refractivity contribution in [2.45, 2.75) is 0 Å². The zero-order chi connectivity index (χ0) is 29.2. The molecule has 7 rings (SSSR count). The molecule has 210 valence electrons. The van der Waals surface area contributed by atoms with E-state index in [1.54, 1.807) is 34.8 Å². The molecule has 2 aliphatic rings. The summed E-state index contributed by atoms with van der Waals surface area (Å²) in [5.74, 6) is 15.2. The summed E-state index contributed by atoms with van der Waals surface area (Å²) in [5.41, 5.74) is 4.34. The van der Waals surface area contributed by atoms with Crippen molar-refractivity contribution in [1.29, 1.82) is 0 Å². The summed E-state index contributed by atoms with van der Waals surface area (Å²) in [5, 5.41) is 15.8. The van der Waals surface area contributed by atoms with Crippen molar-refractivity contribution < 1.29 is 23.9 Å². The summed E-state index contributed by atoms with van der Waals surface area (Å²) in [4.78, 5) is 13.4. The van der Waals surface area contributed by atoms with E-state index in [1.807, 2.05) is 59.3 Å². The summed E-state index contributed by atoms with van der Waals surface area (Å²) < 4.78 is 22.9. The third-order valence-electron chi connectivity index (χ3n) is 6.78. The number of nitro groups is 1. The second-order valence-electron chi connectivity index (χ2n) is 9.55. The SMILES string of the molecule is O=[N+]([O-])c1cc(C#Cc2ccc(-c3scc4c3OCCO4)cc2)ccc1C#Cc1ccc(-c2scc3c2OCCO3)cc1. The van der Waals surface area contributed by atoms with E-state index in [-0.39, 0.29) is 5.69 Å². The number of rotatable bonds is 3. The average molecular weight is 604 g/mol. The van der Waals surface area contributed by atoms with Crippen LogP contribution in [0.3, 0.4) is 0 Å². The molecule has 43 heavy (non-hydrogen) atoms. The second-order valence-corrected chi connectivity index (χ2v) is 11.3. The molecule has 0 radical (unpaired) electrons. The highest BCUT2D eigenvalue weighted by molar-refractivity contribution is 7.14. The Bertz CT molecular complexity index is 1970. The van der Waals surface area contributed by atoms with Gasteiger partial charge in [0.25, 0.3) is 5.69 Å². The molecule has 0 bridgehead atoms. The third-order valence-corrected chi connectivity index (χ3v) is 8.76. The minimum Gasteiger partial charge on any atom is -0.485 e. The molecule has 0 N–H and O–H groups in total. The van der Waals surface area contributed by atoms with Crippen molar-refractivity contribution in [3.63, 3.8) is 0 Å². The fourth-order valence-corrected chi connectivity index (χ4v) is 6.56. The van der Waals surface area contributed by atoms with Crippen LogP contribution in [0.4, 0.5) is 5.69 Å². The van der Waals surface area contributed by atoms with Crippen LogP contribution in [0.15, 0.2) is 77.5 Å². The lowest BCUT2D eigenvalue weighted by Crippen LogP contribution is -2.14. The maximum absolute atomic E-state index is 11.9. The normalized spacial score (nSPS) is 12.8. The highest BCUT2D eigenvalue weighted by atomic mass is 32.1. The zero-order valence-corrected chi connectivity index (χ0v) is 24.2. The largest absolute Gasteiger partial charge is 0.485 e. The van der Waals surface area contributed by atoms with Crippen LogP contribution >= 0.6 is 22.7 Å². The number of nitrogens with zero attached hydrogens (tertiary/aromatic N) is 1. The zero-order valence-electron chi connectivity index (χ0n) is 22.5. The smallest absolute Gasteiger partial charge is 0.286 e. The number of nitro benzene ring substituents is 1. The number of thiophene rings is 2. The van der Waals surface area contributed by atoms with Crippen molar-refractivity contribution in [3.05, 3.63) is 110 Å². The Morgan fingerprint density at radius 1 is 0.605 bits per heavy atom. The van der Waals surface area contributed by atoms with Gasteiger partial charge in [-0.15, -0.1) is 22.7 Å². The second kappa shape index (κ2) is 11.6. The number of hydrogen-bond acceptors (Lipinski definition) is 8. The molecule has 7 nitrogen and oxygen atoms in total. The standard InChI is InChI=1S/C34H21NO6S2/c36-35(37)28-19-24(2-1-22-4-11-26(12-5-22)33-31-29(20-42-33)38-15-17-40-31)8-10-25(28)9-3-23-6-13-27(14-7-23)34-32-30(21-43-34)39-16-18-41-32/h4-8,10-14,19-21H,15-18H2. The monoisotopic (exact) mass is 603 g/mol. The van der Waals surface area contributed by atoms with E-state index < -0.39 is 4.92 Å². The average Bonchev–Trinajstić information content (AvgIpc) is 3.68. The minimum atomic E-state index is -0.428. The van der Waals surface area contributed by atoms with Gasteiger partial charge in [0.15, 0.2) is 23.0 Å². The molecule has 5 aromatic rings. The van der Waals surface area contributed by atoms with Gasteiger partial charge in [-0.3, -0.25) is 10.1 Å². The lowest BCUT2D eigenvalue weighted by Gasteiger charge is -2.16. The van der Waals surface area contributed by atoms with Crippen LogP contribution in [0.1, 0.15) is 22.3 Å². The van der Waals surface area contributed by atoms with Crippen LogP contribution in [0.2, 0.25) is 0 Å². The number of hydrogen-bond donors (Lipinski definition) is 0. The molecule has 4 heterocycles. The summed E-state index contributed by atoms with van der Waals surface area (Å²) in [6, 6.07) is 20.4. The molecule has 0 atom stereocenters. The van der Waals surface area contributed by atoms with Gasteiger partial charge in [0.2, 0.25) is 0 Å². The van der Waals surface area contributed by atoms with Crippen molar-refractivity contribution in [2.75, 3.05) is 26.4 Å². The maximum atomic E-state index is 11.9. The Morgan fingerprint density at radius 2 is 1.07 bits per heavy atom. The topological polar surface area (TPSA) is 80.1 Å². The molecular weight excluding hydrogens is 583 g/mol. The highest BCUT2D eigenvalue weighted by Crippen LogP contribution is 2.46. The first-order chi connectivity index (χ1) is 21.1. The molecule has 0 saturated heterocycles. The van der Waals surface area contributed by atoms with Crippen LogP contribution in [0.25, 0.3) is 20.9 Å². The van der Waals surface area contributed by atoms with Crippen LogP contribution in [-0.2, 0) is 0 Å². The van der Waals surface area contributed by atoms with Gasteiger partial charge in [0.1, 0.15) is 32.0 Å². The van der Waals surface area contributed by atoms with E-state index in [9.17, 15) is 10.1 Å². The van der Waals surface area contributed by atoms with Crippen molar-refractivity contribution in [3.8, 4) is 67.6 Å². The van der Waals surface area contributed by atoms with Crippen molar-refractivity contribution >= 4 is 28.4 Å². The molecule has 2 aromatic heterocycles. The quantitative estimate of drug-likeness (QED) is 0.122. The summed E-state index contributed by atoms with van der Waals surface area (Å²) >= 11 is 3.15. The number of fused-ring (bicyclic) bond motifs is 2. The molecule has 9 heteroatoms.